The van der Waals surface area contributed by atoms with Crippen LogP contribution < -0.4 is 4.74 Å². The van der Waals surface area contributed by atoms with Crippen LogP contribution >= 0.6 is 0 Å². The summed E-state index contributed by atoms with van der Waals surface area (Å²) in [6, 6.07) is 7.64. The number of rotatable bonds is 7. The zero-order chi connectivity index (χ0) is 32.0. The van der Waals surface area contributed by atoms with E-state index in [-0.39, 0.29) is 31.3 Å². The largest absolute Gasteiger partial charge is 0.497 e. The standard InChI is InChI=1S/C38H50O7/c1-27-8-5-9-31(39)25-37(45-38(40)13-7-11-33-10-6-12-35(44-33)24-29(3)22-27)36(19-18-34-23-28(2)20-21-42-34)43-26-30-14-16-32(41-4)17-15-30/h5-7,9-10,13-20,29,31,33-37,39H,1,8,11-12,21-26H2,2-4H3/b9-5+,13-7-,19-18+/t29-,31+,33-,34+,35-,36-,37-/m0/s1. The number of hydrogen-bond donors (Lipinski definition) is 1. The van der Waals surface area contributed by atoms with Crippen LogP contribution in [-0.2, 0) is 30.3 Å². The summed E-state index contributed by atoms with van der Waals surface area (Å²) in [6.45, 7) is 9.43. The Labute approximate surface area is 268 Å². The van der Waals surface area contributed by atoms with E-state index in [1.807, 2.05) is 42.5 Å². The Kier molecular flexibility index (Phi) is 13.9. The molecular weight excluding hydrogens is 568 g/mol. The second kappa shape index (κ2) is 18.1. The van der Waals surface area contributed by atoms with E-state index in [1.165, 1.54) is 11.6 Å². The fourth-order valence-corrected chi connectivity index (χ4v) is 5.90. The minimum atomic E-state index is -0.842. The quantitative estimate of drug-likeness (QED) is 0.257. The summed E-state index contributed by atoms with van der Waals surface area (Å²) in [5.41, 5.74) is 3.32. The predicted molar refractivity (Wildman–Crippen MR) is 177 cm³/mol. The van der Waals surface area contributed by atoms with Crippen LogP contribution in [0, 0.1) is 5.92 Å². The molecule has 2 bridgehead atoms. The van der Waals surface area contributed by atoms with Gasteiger partial charge in [-0.3, -0.25) is 0 Å². The number of carbonyl (C=O) groups excluding carboxylic acids is 1. The van der Waals surface area contributed by atoms with Gasteiger partial charge in [-0.1, -0.05) is 85.4 Å². The number of aliphatic hydroxyl groups is 1. The van der Waals surface area contributed by atoms with E-state index in [2.05, 4.69) is 38.7 Å². The van der Waals surface area contributed by atoms with Crippen LogP contribution in [0.4, 0.5) is 0 Å². The first kappa shape index (κ1) is 34.6. The zero-order valence-corrected chi connectivity index (χ0v) is 27.0. The number of fused-ring (bicyclic) bond motifs is 2. The molecule has 0 amide bonds. The Balaban J connectivity index is 1.55. The Morgan fingerprint density at radius 2 is 1.91 bits per heavy atom. The number of allylic oxidation sites excluding steroid dienone is 2. The smallest absolute Gasteiger partial charge is 0.330 e. The minimum absolute atomic E-state index is 0.0841. The molecule has 1 N–H and O–H groups in total. The third kappa shape index (κ3) is 12.2. The predicted octanol–water partition coefficient (Wildman–Crippen LogP) is 7.13. The molecule has 1 aromatic carbocycles. The molecule has 3 aliphatic heterocycles. The van der Waals surface area contributed by atoms with Crippen LogP contribution in [0.2, 0.25) is 0 Å². The van der Waals surface area contributed by atoms with Crippen LogP contribution in [0.1, 0.15) is 64.4 Å². The van der Waals surface area contributed by atoms with E-state index >= 15 is 0 Å². The molecule has 4 rings (SSSR count). The van der Waals surface area contributed by atoms with Gasteiger partial charge in [-0.15, -0.1) is 0 Å². The van der Waals surface area contributed by atoms with Crippen molar-refractivity contribution in [2.45, 2.75) is 102 Å². The lowest BCUT2D eigenvalue weighted by Crippen LogP contribution is -2.35. The highest BCUT2D eigenvalue weighted by Crippen LogP contribution is 2.26. The van der Waals surface area contributed by atoms with Crippen molar-refractivity contribution in [3.63, 3.8) is 0 Å². The summed E-state index contributed by atoms with van der Waals surface area (Å²) in [7, 11) is 1.63. The Morgan fingerprint density at radius 3 is 2.69 bits per heavy atom. The Bertz CT molecular complexity index is 1240. The van der Waals surface area contributed by atoms with E-state index in [9.17, 15) is 9.90 Å². The molecule has 244 valence electrons. The molecule has 0 aliphatic carbocycles. The first-order valence-corrected chi connectivity index (χ1v) is 16.2. The van der Waals surface area contributed by atoms with Crippen LogP contribution in [0.3, 0.4) is 0 Å². The number of benzene rings is 1. The van der Waals surface area contributed by atoms with Crippen LogP contribution in [-0.4, -0.2) is 61.4 Å². The molecule has 7 atom stereocenters. The summed E-state index contributed by atoms with van der Waals surface area (Å²) in [4.78, 5) is 13.1. The minimum Gasteiger partial charge on any atom is -0.497 e. The average Bonchev–Trinajstić information content (AvgIpc) is 3.01. The van der Waals surface area contributed by atoms with Crippen molar-refractivity contribution in [1.29, 1.82) is 0 Å². The molecule has 0 saturated carbocycles. The summed E-state index contributed by atoms with van der Waals surface area (Å²) >= 11 is 0. The second-order valence-corrected chi connectivity index (χ2v) is 12.4. The molecule has 7 heteroatoms. The topological polar surface area (TPSA) is 83.5 Å². The highest BCUT2D eigenvalue weighted by Gasteiger charge is 2.27. The van der Waals surface area contributed by atoms with Crippen LogP contribution in [0.5, 0.6) is 5.75 Å². The molecule has 3 aliphatic rings. The van der Waals surface area contributed by atoms with Gasteiger partial charge in [0, 0.05) is 12.5 Å². The number of carbonyl (C=O) groups is 1. The van der Waals surface area contributed by atoms with Gasteiger partial charge in [0.25, 0.3) is 0 Å². The molecule has 0 fully saturated rings. The molecule has 45 heavy (non-hydrogen) atoms. The average molecular weight is 619 g/mol. The third-order valence-corrected chi connectivity index (χ3v) is 8.30. The first-order valence-electron chi connectivity index (χ1n) is 16.2. The van der Waals surface area contributed by atoms with Crippen LogP contribution in [0.15, 0.2) is 96.7 Å². The molecular formula is C38H50O7. The fraction of sp³-hybridized carbons (Fsp3) is 0.500. The Morgan fingerprint density at radius 1 is 1.09 bits per heavy atom. The molecule has 0 saturated heterocycles. The second-order valence-electron chi connectivity index (χ2n) is 12.4. The van der Waals surface area contributed by atoms with E-state index in [4.69, 9.17) is 23.7 Å². The summed E-state index contributed by atoms with van der Waals surface area (Å²) < 4.78 is 29.9. The van der Waals surface area contributed by atoms with E-state index in [1.54, 1.807) is 19.3 Å². The highest BCUT2D eigenvalue weighted by molar-refractivity contribution is 5.82. The van der Waals surface area contributed by atoms with Gasteiger partial charge in [0.1, 0.15) is 18.0 Å². The van der Waals surface area contributed by atoms with Gasteiger partial charge in [-0.05, 0) is 69.1 Å². The van der Waals surface area contributed by atoms with Crippen molar-refractivity contribution in [2.24, 2.45) is 5.92 Å². The van der Waals surface area contributed by atoms with E-state index in [0.717, 1.165) is 42.6 Å². The SMILES string of the molecule is C=C1C/C=C/[C@@H](O)C[C@@H]([C@H](/C=C/[C@@H]2CC(C)=CCO2)OCc2ccc(OC)cc2)OC(=O)/C=C\C[C@@H]2C=CC[C@@H](C[C@@H](C)C1)O2. The maximum Gasteiger partial charge on any atom is 0.330 e. The molecule has 3 heterocycles. The van der Waals surface area contributed by atoms with Gasteiger partial charge in [0.15, 0.2) is 0 Å². The number of methoxy groups -OCH3 is 1. The maximum absolute atomic E-state index is 13.1. The fourth-order valence-electron chi connectivity index (χ4n) is 5.90. The van der Waals surface area contributed by atoms with Crippen molar-refractivity contribution < 1.29 is 33.6 Å². The van der Waals surface area contributed by atoms with Crippen molar-refractivity contribution >= 4 is 5.97 Å². The van der Waals surface area contributed by atoms with Gasteiger partial charge in [0.2, 0.25) is 0 Å². The van der Waals surface area contributed by atoms with Gasteiger partial charge >= 0.3 is 5.97 Å². The Hall–Kier alpha value is -3.23. The normalized spacial score (nSPS) is 30.9. The lowest BCUT2D eigenvalue weighted by Gasteiger charge is -2.28. The molecule has 0 aromatic heterocycles. The lowest BCUT2D eigenvalue weighted by atomic mass is 9.92. The molecule has 1 aromatic rings. The summed E-state index contributed by atoms with van der Waals surface area (Å²) in [5, 5.41) is 11.1. The van der Waals surface area contributed by atoms with Gasteiger partial charge in [-0.2, -0.15) is 0 Å². The lowest BCUT2D eigenvalue weighted by molar-refractivity contribution is -0.151. The van der Waals surface area contributed by atoms with Crippen molar-refractivity contribution in [3.05, 3.63) is 102 Å². The number of hydrogen-bond acceptors (Lipinski definition) is 7. The highest BCUT2D eigenvalue weighted by atomic mass is 16.6. The van der Waals surface area contributed by atoms with Crippen molar-refractivity contribution in [3.8, 4) is 5.75 Å². The van der Waals surface area contributed by atoms with Gasteiger partial charge < -0.3 is 28.8 Å². The van der Waals surface area contributed by atoms with Crippen molar-refractivity contribution in [2.75, 3.05) is 13.7 Å². The monoisotopic (exact) mass is 618 g/mol. The first-order chi connectivity index (χ1) is 21.8. The maximum atomic E-state index is 13.1. The zero-order valence-electron chi connectivity index (χ0n) is 27.0. The van der Waals surface area contributed by atoms with Gasteiger partial charge in [0.05, 0.1) is 44.7 Å². The number of esters is 1. The van der Waals surface area contributed by atoms with Gasteiger partial charge in [-0.25, -0.2) is 4.79 Å². The molecule has 0 spiro atoms. The number of ether oxygens (including phenoxy) is 5. The molecule has 7 nitrogen and oxygen atoms in total. The number of aliphatic hydroxyl groups excluding tert-OH is 1. The van der Waals surface area contributed by atoms with Crippen molar-refractivity contribution in [1.82, 2.24) is 0 Å². The third-order valence-electron chi connectivity index (χ3n) is 8.30. The van der Waals surface area contributed by atoms with Crippen LogP contribution in [0.25, 0.3) is 0 Å². The summed E-state index contributed by atoms with van der Waals surface area (Å²) in [6.07, 6.45) is 19.8. The number of cyclic esters (lactones) is 1. The summed E-state index contributed by atoms with van der Waals surface area (Å²) in [5.74, 6) is 0.702. The molecule has 0 radical (unpaired) electrons. The van der Waals surface area contributed by atoms with E-state index in [0.29, 0.717) is 25.4 Å². The molecule has 0 unspecified atom stereocenters. The van der Waals surface area contributed by atoms with E-state index < -0.39 is 24.3 Å².